The van der Waals surface area contributed by atoms with Gasteiger partial charge in [0.05, 0.1) is 10.7 Å². The molecule has 0 saturated heterocycles. The monoisotopic (exact) mass is 244 g/mol. The van der Waals surface area contributed by atoms with Crippen molar-refractivity contribution < 1.29 is 0 Å². The van der Waals surface area contributed by atoms with Crippen molar-refractivity contribution in [1.82, 2.24) is 10.3 Å². The SMILES string of the molecule is Clc1cccnc1-c1cccc2c1CCNC2. The third kappa shape index (κ3) is 1.94. The average molecular weight is 245 g/mol. The van der Waals surface area contributed by atoms with Crippen molar-refractivity contribution in [3.63, 3.8) is 0 Å². The molecule has 1 aromatic carbocycles. The fourth-order valence-electron chi connectivity index (χ4n) is 2.34. The van der Waals surface area contributed by atoms with Gasteiger partial charge < -0.3 is 5.32 Å². The van der Waals surface area contributed by atoms with E-state index < -0.39 is 0 Å². The minimum absolute atomic E-state index is 0.722. The van der Waals surface area contributed by atoms with E-state index in [0.717, 1.165) is 30.2 Å². The number of hydrogen-bond donors (Lipinski definition) is 1. The summed E-state index contributed by atoms with van der Waals surface area (Å²) < 4.78 is 0. The van der Waals surface area contributed by atoms with E-state index >= 15 is 0 Å². The molecule has 17 heavy (non-hydrogen) atoms. The standard InChI is InChI=1S/C14H13ClN2/c15-13-5-2-7-17-14(13)12-4-1-3-10-9-16-8-6-11(10)12/h1-5,7,16H,6,8-9H2. The predicted octanol–water partition coefficient (Wildman–Crippen LogP) is 3.05. The van der Waals surface area contributed by atoms with Crippen LogP contribution in [-0.4, -0.2) is 11.5 Å². The van der Waals surface area contributed by atoms with Crippen molar-refractivity contribution in [2.45, 2.75) is 13.0 Å². The molecule has 0 unspecified atom stereocenters. The summed E-state index contributed by atoms with van der Waals surface area (Å²) in [6, 6.07) is 10.1. The normalized spacial score (nSPS) is 14.4. The molecule has 0 spiro atoms. The van der Waals surface area contributed by atoms with Crippen LogP contribution in [0.3, 0.4) is 0 Å². The molecule has 0 atom stereocenters. The van der Waals surface area contributed by atoms with Gasteiger partial charge in [0, 0.05) is 18.3 Å². The second-order valence-electron chi connectivity index (χ2n) is 4.20. The number of fused-ring (bicyclic) bond motifs is 1. The number of pyridine rings is 1. The predicted molar refractivity (Wildman–Crippen MR) is 70.1 cm³/mol. The Hall–Kier alpha value is -1.38. The van der Waals surface area contributed by atoms with Crippen molar-refractivity contribution in [3.05, 3.63) is 52.7 Å². The third-order valence-corrected chi connectivity index (χ3v) is 3.46. The van der Waals surface area contributed by atoms with Crippen LogP contribution in [0.1, 0.15) is 11.1 Å². The van der Waals surface area contributed by atoms with Crippen molar-refractivity contribution in [2.24, 2.45) is 0 Å². The molecule has 0 fully saturated rings. The molecule has 86 valence electrons. The topological polar surface area (TPSA) is 24.9 Å². The fraction of sp³-hybridized carbons (Fsp3) is 0.214. The summed E-state index contributed by atoms with van der Waals surface area (Å²) in [5.74, 6) is 0. The van der Waals surface area contributed by atoms with Gasteiger partial charge in [-0.25, -0.2) is 0 Å². The van der Waals surface area contributed by atoms with E-state index in [1.807, 2.05) is 12.1 Å². The molecule has 1 aliphatic rings. The Morgan fingerprint density at radius 2 is 2.12 bits per heavy atom. The molecule has 2 heterocycles. The van der Waals surface area contributed by atoms with Crippen LogP contribution in [0.4, 0.5) is 0 Å². The Balaban J connectivity index is 2.18. The molecule has 0 amide bonds. The lowest BCUT2D eigenvalue weighted by Gasteiger charge is -2.20. The van der Waals surface area contributed by atoms with Crippen molar-refractivity contribution >= 4 is 11.6 Å². The Morgan fingerprint density at radius 3 is 3.00 bits per heavy atom. The number of hydrogen-bond acceptors (Lipinski definition) is 2. The third-order valence-electron chi connectivity index (χ3n) is 3.15. The van der Waals surface area contributed by atoms with E-state index in [1.54, 1.807) is 6.20 Å². The van der Waals surface area contributed by atoms with Gasteiger partial charge in [0.2, 0.25) is 0 Å². The quantitative estimate of drug-likeness (QED) is 0.834. The van der Waals surface area contributed by atoms with Gasteiger partial charge in [-0.15, -0.1) is 0 Å². The van der Waals surface area contributed by atoms with Crippen LogP contribution in [-0.2, 0) is 13.0 Å². The summed E-state index contributed by atoms with van der Waals surface area (Å²) >= 11 is 6.22. The largest absolute Gasteiger partial charge is 0.312 e. The summed E-state index contributed by atoms with van der Waals surface area (Å²) in [5, 5.41) is 4.10. The molecule has 0 aliphatic carbocycles. The van der Waals surface area contributed by atoms with Crippen LogP contribution in [0.5, 0.6) is 0 Å². The van der Waals surface area contributed by atoms with Crippen molar-refractivity contribution in [1.29, 1.82) is 0 Å². The second kappa shape index (κ2) is 4.47. The zero-order valence-electron chi connectivity index (χ0n) is 9.41. The second-order valence-corrected chi connectivity index (χ2v) is 4.61. The van der Waals surface area contributed by atoms with Gasteiger partial charge in [-0.2, -0.15) is 0 Å². The molecule has 1 N–H and O–H groups in total. The molecular formula is C14H13ClN2. The first-order chi connectivity index (χ1) is 8.36. The zero-order valence-corrected chi connectivity index (χ0v) is 10.2. The highest BCUT2D eigenvalue weighted by molar-refractivity contribution is 6.33. The van der Waals surface area contributed by atoms with Gasteiger partial charge in [0.25, 0.3) is 0 Å². The maximum absolute atomic E-state index is 6.22. The molecule has 2 nitrogen and oxygen atoms in total. The van der Waals surface area contributed by atoms with Crippen LogP contribution in [0.25, 0.3) is 11.3 Å². The van der Waals surface area contributed by atoms with Crippen LogP contribution >= 0.6 is 11.6 Å². The first-order valence-electron chi connectivity index (χ1n) is 5.78. The maximum atomic E-state index is 6.22. The summed E-state index contributed by atoms with van der Waals surface area (Å²) in [6.45, 7) is 1.96. The highest BCUT2D eigenvalue weighted by Gasteiger charge is 2.15. The van der Waals surface area contributed by atoms with Crippen LogP contribution in [0, 0.1) is 0 Å². The molecular weight excluding hydrogens is 232 g/mol. The fourth-order valence-corrected chi connectivity index (χ4v) is 2.56. The minimum Gasteiger partial charge on any atom is -0.312 e. The van der Waals surface area contributed by atoms with Gasteiger partial charge in [0.15, 0.2) is 0 Å². The Morgan fingerprint density at radius 1 is 1.18 bits per heavy atom. The van der Waals surface area contributed by atoms with Gasteiger partial charge in [0.1, 0.15) is 0 Å². The zero-order chi connectivity index (χ0) is 11.7. The number of benzene rings is 1. The van der Waals surface area contributed by atoms with E-state index in [1.165, 1.54) is 16.7 Å². The highest BCUT2D eigenvalue weighted by atomic mass is 35.5. The number of nitrogens with one attached hydrogen (secondary N) is 1. The molecule has 0 bridgehead atoms. The first kappa shape index (κ1) is 10.8. The lowest BCUT2D eigenvalue weighted by Crippen LogP contribution is -2.24. The van der Waals surface area contributed by atoms with Crippen LogP contribution in [0.2, 0.25) is 5.02 Å². The maximum Gasteiger partial charge on any atom is 0.0890 e. The van der Waals surface area contributed by atoms with Crippen molar-refractivity contribution in [3.8, 4) is 11.3 Å². The van der Waals surface area contributed by atoms with Gasteiger partial charge in [-0.05, 0) is 36.2 Å². The molecule has 0 saturated carbocycles. The van der Waals surface area contributed by atoms with Crippen LogP contribution in [0.15, 0.2) is 36.5 Å². The number of nitrogens with zero attached hydrogens (tertiary/aromatic N) is 1. The number of aromatic nitrogens is 1. The van der Waals surface area contributed by atoms with Crippen LogP contribution < -0.4 is 5.32 Å². The van der Waals surface area contributed by atoms with Crippen molar-refractivity contribution in [2.75, 3.05) is 6.54 Å². The molecule has 3 rings (SSSR count). The van der Waals surface area contributed by atoms with Gasteiger partial charge >= 0.3 is 0 Å². The number of halogens is 1. The van der Waals surface area contributed by atoms with E-state index in [9.17, 15) is 0 Å². The molecule has 0 radical (unpaired) electrons. The first-order valence-corrected chi connectivity index (χ1v) is 6.16. The number of rotatable bonds is 1. The average Bonchev–Trinajstić information content (AvgIpc) is 2.39. The molecule has 2 aromatic rings. The van der Waals surface area contributed by atoms with E-state index in [4.69, 9.17) is 11.6 Å². The summed E-state index contributed by atoms with van der Waals surface area (Å²) in [6.07, 6.45) is 2.83. The molecule has 1 aliphatic heterocycles. The molecule has 3 heteroatoms. The minimum atomic E-state index is 0.722. The lowest BCUT2D eigenvalue weighted by atomic mass is 9.93. The van der Waals surface area contributed by atoms with E-state index in [2.05, 4.69) is 28.5 Å². The van der Waals surface area contributed by atoms with Gasteiger partial charge in [-0.1, -0.05) is 29.8 Å². The van der Waals surface area contributed by atoms with E-state index in [0.29, 0.717) is 0 Å². The Kier molecular flexibility index (Phi) is 2.83. The van der Waals surface area contributed by atoms with E-state index in [-0.39, 0.29) is 0 Å². The lowest BCUT2D eigenvalue weighted by molar-refractivity contribution is 0.644. The Bertz CT molecular complexity index is 552. The molecule has 1 aromatic heterocycles. The van der Waals surface area contributed by atoms with Gasteiger partial charge in [-0.3, -0.25) is 4.98 Å². The summed E-state index contributed by atoms with van der Waals surface area (Å²) in [4.78, 5) is 4.40. The smallest absolute Gasteiger partial charge is 0.0890 e. The summed E-state index contributed by atoms with van der Waals surface area (Å²) in [7, 11) is 0. The highest BCUT2D eigenvalue weighted by Crippen LogP contribution is 2.31. The Labute approximate surface area is 106 Å². The summed E-state index contributed by atoms with van der Waals surface area (Å²) in [5.41, 5.74) is 4.81.